The number of ketones is 1. The summed E-state index contributed by atoms with van der Waals surface area (Å²) < 4.78 is 0. The molecule has 5 heteroatoms. The third kappa shape index (κ3) is 4.83. The predicted octanol–water partition coefficient (Wildman–Crippen LogP) is 3.98. The SMILES string of the molecule is CC(=O)c1ccc(CCNC(=O)/C=C/c2ccccc2Cl)s1. The summed E-state index contributed by atoms with van der Waals surface area (Å²) in [5.74, 6) is -0.0915. The first-order valence-corrected chi connectivity index (χ1v) is 8.06. The second-order valence-corrected chi connectivity index (χ2v) is 6.29. The third-order valence-corrected chi connectivity index (χ3v) is 4.59. The van der Waals surface area contributed by atoms with Crippen LogP contribution < -0.4 is 5.32 Å². The topological polar surface area (TPSA) is 46.2 Å². The molecule has 0 spiro atoms. The van der Waals surface area contributed by atoms with E-state index in [1.54, 1.807) is 19.1 Å². The van der Waals surface area contributed by atoms with Crippen LogP contribution in [-0.4, -0.2) is 18.2 Å². The van der Waals surface area contributed by atoms with Crippen LogP contribution in [0.5, 0.6) is 0 Å². The van der Waals surface area contributed by atoms with Crippen LogP contribution in [0.2, 0.25) is 5.02 Å². The van der Waals surface area contributed by atoms with Crippen molar-refractivity contribution < 1.29 is 9.59 Å². The molecule has 0 unspecified atom stereocenters. The van der Waals surface area contributed by atoms with E-state index in [1.165, 1.54) is 17.4 Å². The van der Waals surface area contributed by atoms with E-state index in [0.717, 1.165) is 15.3 Å². The number of benzene rings is 1. The summed E-state index contributed by atoms with van der Waals surface area (Å²) in [5.41, 5.74) is 0.809. The summed E-state index contributed by atoms with van der Waals surface area (Å²) in [4.78, 5) is 24.8. The molecule has 1 aromatic carbocycles. The van der Waals surface area contributed by atoms with Crippen molar-refractivity contribution >= 4 is 40.7 Å². The summed E-state index contributed by atoms with van der Waals surface area (Å²) in [5, 5.41) is 3.43. The molecule has 0 saturated carbocycles. The van der Waals surface area contributed by atoms with Crippen molar-refractivity contribution in [3.05, 3.63) is 62.8 Å². The van der Waals surface area contributed by atoms with Gasteiger partial charge in [0.05, 0.1) is 4.88 Å². The Morgan fingerprint density at radius 1 is 1.23 bits per heavy atom. The maximum atomic E-state index is 11.7. The molecule has 0 saturated heterocycles. The Morgan fingerprint density at radius 3 is 2.68 bits per heavy atom. The van der Waals surface area contributed by atoms with Gasteiger partial charge < -0.3 is 5.32 Å². The minimum atomic E-state index is -0.164. The van der Waals surface area contributed by atoms with Crippen molar-refractivity contribution in [1.29, 1.82) is 0 Å². The smallest absolute Gasteiger partial charge is 0.244 e. The minimum absolute atomic E-state index is 0.0722. The highest BCUT2D eigenvalue weighted by Crippen LogP contribution is 2.17. The zero-order chi connectivity index (χ0) is 15.9. The number of amides is 1. The Bertz CT molecular complexity index is 706. The number of Topliss-reactive ketones (excluding diaryl/α,β-unsaturated/α-hetero) is 1. The van der Waals surface area contributed by atoms with E-state index < -0.39 is 0 Å². The van der Waals surface area contributed by atoms with Gasteiger partial charge in [0.1, 0.15) is 0 Å². The fourth-order valence-corrected chi connectivity index (χ4v) is 2.95. The summed E-state index contributed by atoms with van der Waals surface area (Å²) in [6.45, 7) is 2.08. The highest BCUT2D eigenvalue weighted by Gasteiger charge is 2.04. The van der Waals surface area contributed by atoms with Crippen LogP contribution in [0.3, 0.4) is 0 Å². The number of nitrogens with one attached hydrogen (secondary N) is 1. The van der Waals surface area contributed by atoms with Crippen LogP contribution in [0.15, 0.2) is 42.5 Å². The van der Waals surface area contributed by atoms with Crippen LogP contribution in [0.1, 0.15) is 27.0 Å². The molecule has 0 radical (unpaired) electrons. The standard InChI is InChI=1S/C17H16ClNO2S/c1-12(20)16-8-7-14(22-16)10-11-19-17(21)9-6-13-4-2-3-5-15(13)18/h2-9H,10-11H2,1H3,(H,19,21)/b9-6+. The summed E-state index contributed by atoms with van der Waals surface area (Å²) in [6, 6.07) is 11.1. The number of carbonyl (C=O) groups excluding carboxylic acids is 2. The van der Waals surface area contributed by atoms with Gasteiger partial charge in [-0.05, 0) is 43.2 Å². The number of hydrogen-bond acceptors (Lipinski definition) is 3. The third-order valence-electron chi connectivity index (χ3n) is 3.00. The predicted molar refractivity (Wildman–Crippen MR) is 91.5 cm³/mol. The average molecular weight is 334 g/mol. The number of thiophene rings is 1. The lowest BCUT2D eigenvalue weighted by Crippen LogP contribution is -2.23. The first kappa shape index (κ1) is 16.5. The summed E-state index contributed by atoms with van der Waals surface area (Å²) in [6.07, 6.45) is 3.87. The number of halogens is 1. The first-order valence-electron chi connectivity index (χ1n) is 6.86. The molecule has 1 amide bonds. The average Bonchev–Trinajstić information content (AvgIpc) is 2.95. The van der Waals surface area contributed by atoms with Gasteiger partial charge in [0, 0.05) is 22.5 Å². The second-order valence-electron chi connectivity index (χ2n) is 4.72. The first-order chi connectivity index (χ1) is 10.6. The molecule has 0 aliphatic rings. The fourth-order valence-electron chi connectivity index (χ4n) is 1.85. The van der Waals surface area contributed by atoms with Gasteiger partial charge in [-0.1, -0.05) is 29.8 Å². The van der Waals surface area contributed by atoms with Gasteiger partial charge in [-0.15, -0.1) is 11.3 Å². The van der Waals surface area contributed by atoms with Crippen LogP contribution >= 0.6 is 22.9 Å². The lowest BCUT2D eigenvalue weighted by atomic mass is 10.2. The van der Waals surface area contributed by atoms with Gasteiger partial charge in [-0.3, -0.25) is 9.59 Å². The maximum absolute atomic E-state index is 11.7. The highest BCUT2D eigenvalue weighted by molar-refractivity contribution is 7.14. The number of rotatable bonds is 6. The number of carbonyl (C=O) groups is 2. The van der Waals surface area contributed by atoms with E-state index in [2.05, 4.69) is 5.32 Å². The Labute approximate surface area is 138 Å². The van der Waals surface area contributed by atoms with E-state index >= 15 is 0 Å². The van der Waals surface area contributed by atoms with Crippen molar-refractivity contribution in [2.75, 3.05) is 6.54 Å². The molecule has 22 heavy (non-hydrogen) atoms. The van der Waals surface area contributed by atoms with Crippen molar-refractivity contribution in [1.82, 2.24) is 5.32 Å². The van der Waals surface area contributed by atoms with Gasteiger partial charge in [-0.25, -0.2) is 0 Å². The van der Waals surface area contributed by atoms with E-state index in [1.807, 2.05) is 30.3 Å². The highest BCUT2D eigenvalue weighted by atomic mass is 35.5. The van der Waals surface area contributed by atoms with E-state index in [0.29, 0.717) is 18.0 Å². The van der Waals surface area contributed by atoms with Gasteiger partial charge >= 0.3 is 0 Å². The zero-order valence-electron chi connectivity index (χ0n) is 12.1. The molecule has 114 valence electrons. The Hall–Kier alpha value is -1.91. The molecule has 1 N–H and O–H groups in total. The largest absolute Gasteiger partial charge is 0.352 e. The molecule has 0 fully saturated rings. The molecule has 1 aromatic heterocycles. The van der Waals surface area contributed by atoms with Gasteiger partial charge in [0.25, 0.3) is 0 Å². The molecule has 0 atom stereocenters. The van der Waals surface area contributed by atoms with Crippen LogP contribution in [-0.2, 0) is 11.2 Å². The summed E-state index contributed by atoms with van der Waals surface area (Å²) >= 11 is 7.48. The quantitative estimate of drug-likeness (QED) is 0.642. The van der Waals surface area contributed by atoms with Crippen LogP contribution in [0.25, 0.3) is 6.08 Å². The van der Waals surface area contributed by atoms with E-state index in [9.17, 15) is 9.59 Å². The van der Waals surface area contributed by atoms with E-state index in [-0.39, 0.29) is 11.7 Å². The monoisotopic (exact) mass is 333 g/mol. The number of hydrogen-bond donors (Lipinski definition) is 1. The molecule has 1 heterocycles. The molecule has 2 aromatic rings. The van der Waals surface area contributed by atoms with Gasteiger partial charge in [-0.2, -0.15) is 0 Å². The second kappa shape index (κ2) is 7.92. The molecular weight excluding hydrogens is 318 g/mol. The van der Waals surface area contributed by atoms with Crippen molar-refractivity contribution in [3.63, 3.8) is 0 Å². The molecular formula is C17H16ClNO2S. The van der Waals surface area contributed by atoms with Crippen molar-refractivity contribution in [2.24, 2.45) is 0 Å². The van der Waals surface area contributed by atoms with E-state index in [4.69, 9.17) is 11.6 Å². The molecule has 3 nitrogen and oxygen atoms in total. The molecule has 0 aliphatic heterocycles. The lowest BCUT2D eigenvalue weighted by Gasteiger charge is -2.01. The lowest BCUT2D eigenvalue weighted by molar-refractivity contribution is -0.116. The normalized spacial score (nSPS) is 10.8. The minimum Gasteiger partial charge on any atom is -0.352 e. The zero-order valence-corrected chi connectivity index (χ0v) is 13.7. The van der Waals surface area contributed by atoms with Crippen molar-refractivity contribution in [3.8, 4) is 0 Å². The Kier molecular flexibility index (Phi) is 5.92. The molecule has 2 rings (SSSR count). The molecule has 0 aliphatic carbocycles. The van der Waals surface area contributed by atoms with Crippen LogP contribution in [0.4, 0.5) is 0 Å². The summed E-state index contributed by atoms with van der Waals surface area (Å²) in [7, 11) is 0. The van der Waals surface area contributed by atoms with Crippen LogP contribution in [0, 0.1) is 0 Å². The fraction of sp³-hybridized carbons (Fsp3) is 0.176. The molecule has 0 bridgehead atoms. The Balaban J connectivity index is 1.80. The van der Waals surface area contributed by atoms with Gasteiger partial charge in [0.2, 0.25) is 5.91 Å². The Morgan fingerprint density at radius 2 is 2.00 bits per heavy atom. The maximum Gasteiger partial charge on any atom is 0.244 e. The van der Waals surface area contributed by atoms with Gasteiger partial charge in [0.15, 0.2) is 5.78 Å². The van der Waals surface area contributed by atoms with Crippen molar-refractivity contribution in [2.45, 2.75) is 13.3 Å².